The normalized spacial score (nSPS) is 13.1. The van der Waals surface area contributed by atoms with Crippen LogP contribution in [0.1, 0.15) is 25.0 Å². The highest BCUT2D eigenvalue weighted by molar-refractivity contribution is 7.26. The van der Waals surface area contributed by atoms with Crippen molar-refractivity contribution < 1.29 is 0 Å². The maximum absolute atomic E-state index is 2.44. The first-order valence-corrected chi connectivity index (χ1v) is 19.9. The van der Waals surface area contributed by atoms with Crippen LogP contribution in [0, 0.1) is 0 Å². The van der Waals surface area contributed by atoms with Crippen molar-refractivity contribution >= 4 is 70.1 Å². The molecule has 1 nitrogen and oxygen atoms in total. The van der Waals surface area contributed by atoms with Gasteiger partial charge in [-0.1, -0.05) is 166 Å². The number of anilines is 3. The summed E-state index contributed by atoms with van der Waals surface area (Å²) in [5, 5.41) is 7.76. The van der Waals surface area contributed by atoms with Crippen LogP contribution in [0.25, 0.3) is 75.1 Å². The molecule has 11 rings (SSSR count). The van der Waals surface area contributed by atoms with E-state index in [1.165, 1.54) is 86.2 Å². The molecule has 0 saturated carbocycles. The van der Waals surface area contributed by atoms with E-state index in [9.17, 15) is 0 Å². The second-order valence-electron chi connectivity index (χ2n) is 15.3. The summed E-state index contributed by atoms with van der Waals surface area (Å²) in [4.78, 5) is 2.44. The maximum Gasteiger partial charge on any atom is 0.0476 e. The van der Waals surface area contributed by atoms with Crippen LogP contribution < -0.4 is 4.90 Å². The fourth-order valence-corrected chi connectivity index (χ4v) is 10.4. The lowest BCUT2D eigenvalue weighted by molar-refractivity contribution is 0.660. The highest BCUT2D eigenvalue weighted by Crippen LogP contribution is 2.51. The lowest BCUT2D eigenvalue weighted by atomic mass is 9.82. The molecule has 0 amide bonds. The van der Waals surface area contributed by atoms with E-state index in [-0.39, 0.29) is 5.41 Å². The molecule has 1 aliphatic rings. The Morgan fingerprint density at radius 1 is 0.400 bits per heavy atom. The minimum Gasteiger partial charge on any atom is -0.310 e. The van der Waals surface area contributed by atoms with Crippen molar-refractivity contribution in [2.24, 2.45) is 0 Å². The number of benzene rings is 9. The average molecular weight is 720 g/mol. The number of fused-ring (bicyclic) bond motifs is 9. The first kappa shape index (κ1) is 32.0. The molecule has 1 aliphatic carbocycles. The fourth-order valence-electron chi connectivity index (χ4n) is 9.16. The van der Waals surface area contributed by atoms with E-state index in [0.717, 1.165) is 17.1 Å². The minimum absolute atomic E-state index is 0.0489. The quantitative estimate of drug-likeness (QED) is 0.171. The van der Waals surface area contributed by atoms with Crippen molar-refractivity contribution in [1.82, 2.24) is 0 Å². The van der Waals surface area contributed by atoms with Gasteiger partial charge < -0.3 is 4.90 Å². The number of rotatable bonds is 5. The van der Waals surface area contributed by atoms with E-state index in [2.05, 4.69) is 207 Å². The fraction of sp³-hybridized carbons (Fsp3) is 0.0566. The highest BCUT2D eigenvalue weighted by atomic mass is 32.1. The monoisotopic (exact) mass is 719 g/mol. The van der Waals surface area contributed by atoms with E-state index < -0.39 is 0 Å². The Morgan fingerprint density at radius 2 is 1.00 bits per heavy atom. The summed E-state index contributed by atoms with van der Waals surface area (Å²) in [7, 11) is 0. The molecule has 0 bridgehead atoms. The Balaban J connectivity index is 1.09. The van der Waals surface area contributed by atoms with E-state index in [0.29, 0.717) is 0 Å². The topological polar surface area (TPSA) is 3.24 Å². The summed E-state index contributed by atoms with van der Waals surface area (Å²) in [6, 6.07) is 69.6. The molecule has 260 valence electrons. The molecule has 0 atom stereocenters. The van der Waals surface area contributed by atoms with Crippen LogP contribution in [0.2, 0.25) is 0 Å². The smallest absolute Gasteiger partial charge is 0.0476 e. The molecule has 2 heteroatoms. The molecule has 0 unspecified atom stereocenters. The number of hydrogen-bond acceptors (Lipinski definition) is 2. The van der Waals surface area contributed by atoms with E-state index in [1.807, 2.05) is 11.3 Å². The van der Waals surface area contributed by atoms with Crippen molar-refractivity contribution in [3.8, 4) is 33.4 Å². The van der Waals surface area contributed by atoms with Gasteiger partial charge in [0.15, 0.2) is 0 Å². The van der Waals surface area contributed by atoms with Crippen molar-refractivity contribution in [1.29, 1.82) is 0 Å². The van der Waals surface area contributed by atoms with E-state index >= 15 is 0 Å². The number of nitrogens with zero attached hydrogens (tertiary/aromatic N) is 1. The van der Waals surface area contributed by atoms with Crippen LogP contribution in [0.5, 0.6) is 0 Å². The van der Waals surface area contributed by atoms with Gasteiger partial charge in [0.05, 0.1) is 0 Å². The molecule has 0 spiro atoms. The van der Waals surface area contributed by atoms with Gasteiger partial charge in [0.2, 0.25) is 0 Å². The molecule has 0 saturated heterocycles. The maximum atomic E-state index is 2.44. The Kier molecular flexibility index (Phi) is 7.14. The average Bonchev–Trinajstić information content (AvgIpc) is 3.72. The largest absolute Gasteiger partial charge is 0.310 e. The molecule has 9 aromatic carbocycles. The molecule has 10 aromatic rings. The van der Waals surface area contributed by atoms with Crippen molar-refractivity contribution in [3.63, 3.8) is 0 Å². The van der Waals surface area contributed by atoms with Crippen LogP contribution in [0.4, 0.5) is 17.1 Å². The summed E-state index contributed by atoms with van der Waals surface area (Å²) >= 11 is 1.90. The second kappa shape index (κ2) is 12.3. The van der Waals surface area contributed by atoms with Crippen molar-refractivity contribution in [2.75, 3.05) is 4.90 Å². The highest BCUT2D eigenvalue weighted by Gasteiger charge is 2.35. The third kappa shape index (κ3) is 4.99. The van der Waals surface area contributed by atoms with Crippen LogP contribution >= 0.6 is 11.3 Å². The Bertz CT molecular complexity index is 3110. The minimum atomic E-state index is -0.0489. The molecular weight excluding hydrogens is 683 g/mol. The zero-order chi connectivity index (χ0) is 36.7. The molecule has 0 aliphatic heterocycles. The van der Waals surface area contributed by atoms with Gasteiger partial charge in [0.1, 0.15) is 0 Å². The Morgan fingerprint density at radius 3 is 1.82 bits per heavy atom. The Hall–Kier alpha value is -6.48. The SMILES string of the molecule is CC1(C)c2ccccc2-c2cc(N(c3ccc(-c4cccc5cccc(-c6ccccc6)c45)cc3)c3ccc4c(c3)sc3c5ccccc5ccc43)ccc21. The summed E-state index contributed by atoms with van der Waals surface area (Å²) < 4.78 is 2.64. The first-order chi connectivity index (χ1) is 27.0. The van der Waals surface area contributed by atoms with Gasteiger partial charge >= 0.3 is 0 Å². The molecular formula is C53H37NS. The first-order valence-electron chi connectivity index (χ1n) is 19.1. The van der Waals surface area contributed by atoms with Crippen LogP contribution in [-0.4, -0.2) is 0 Å². The van der Waals surface area contributed by atoms with E-state index in [1.54, 1.807) is 0 Å². The molecule has 0 radical (unpaired) electrons. The lowest BCUT2D eigenvalue weighted by Gasteiger charge is -2.27. The predicted molar refractivity (Wildman–Crippen MR) is 237 cm³/mol. The number of thiophene rings is 1. The molecule has 1 aromatic heterocycles. The summed E-state index contributed by atoms with van der Waals surface area (Å²) in [5.74, 6) is 0. The molecule has 0 N–H and O–H groups in total. The van der Waals surface area contributed by atoms with Gasteiger partial charge in [-0.25, -0.2) is 0 Å². The standard InChI is InChI=1S/C53H37NS/c1-53(2)48-21-9-8-18-44(48)47-32-39(28-31-49(47)53)54(40-27-30-45-46-29-24-35-14-6-7-17-43(35)52(46)55-50(45)33-40)38-25-22-36(23-26-38)42-20-11-16-37-15-10-19-41(51(37)42)34-12-4-3-5-13-34/h3-33H,1-2H3. The summed E-state index contributed by atoms with van der Waals surface area (Å²) in [5.41, 5.74) is 13.7. The van der Waals surface area contributed by atoms with Crippen molar-refractivity contribution in [3.05, 3.63) is 199 Å². The van der Waals surface area contributed by atoms with Crippen LogP contribution in [0.3, 0.4) is 0 Å². The van der Waals surface area contributed by atoms with E-state index in [4.69, 9.17) is 0 Å². The molecule has 55 heavy (non-hydrogen) atoms. The third-order valence-electron chi connectivity index (χ3n) is 11.9. The molecule has 1 heterocycles. The summed E-state index contributed by atoms with van der Waals surface area (Å²) in [6.45, 7) is 4.70. The van der Waals surface area contributed by atoms with Gasteiger partial charge in [-0.15, -0.1) is 11.3 Å². The van der Waals surface area contributed by atoms with Gasteiger partial charge in [-0.3, -0.25) is 0 Å². The zero-order valence-electron chi connectivity index (χ0n) is 30.8. The second-order valence-corrected chi connectivity index (χ2v) is 16.4. The lowest BCUT2D eigenvalue weighted by Crippen LogP contribution is -2.15. The molecule has 0 fully saturated rings. The van der Waals surface area contributed by atoms with Crippen LogP contribution in [-0.2, 0) is 5.41 Å². The summed E-state index contributed by atoms with van der Waals surface area (Å²) in [6.07, 6.45) is 0. The van der Waals surface area contributed by atoms with Crippen molar-refractivity contribution in [2.45, 2.75) is 19.3 Å². The van der Waals surface area contributed by atoms with Gasteiger partial charge in [-0.2, -0.15) is 0 Å². The van der Waals surface area contributed by atoms with Gasteiger partial charge in [0.25, 0.3) is 0 Å². The zero-order valence-corrected chi connectivity index (χ0v) is 31.6. The van der Waals surface area contributed by atoms with Crippen LogP contribution in [0.15, 0.2) is 188 Å². The van der Waals surface area contributed by atoms with Gasteiger partial charge in [-0.05, 0) is 102 Å². The predicted octanol–water partition coefficient (Wildman–Crippen LogP) is 15.5. The third-order valence-corrected chi connectivity index (χ3v) is 13.1. The Labute approximate surface area is 325 Å². The number of hydrogen-bond donors (Lipinski definition) is 0. The van der Waals surface area contributed by atoms with Gasteiger partial charge in [0, 0.05) is 42.6 Å².